The number of halogens is 1. The van der Waals surface area contributed by atoms with Gasteiger partial charge in [0.1, 0.15) is 11.8 Å². The lowest BCUT2D eigenvalue weighted by molar-refractivity contribution is -0.143. The largest absolute Gasteiger partial charge is 0.484 e. The molecule has 2 aromatic rings. The highest BCUT2D eigenvalue weighted by molar-refractivity contribution is 6.32. The monoisotopic (exact) mass is 430 g/mol. The lowest BCUT2D eigenvalue weighted by atomic mass is 10.1. The van der Waals surface area contributed by atoms with Crippen molar-refractivity contribution < 1.29 is 14.3 Å². The third-order valence-corrected chi connectivity index (χ3v) is 5.38. The predicted octanol–water partition coefficient (Wildman–Crippen LogP) is 4.67. The van der Waals surface area contributed by atoms with E-state index in [-0.39, 0.29) is 24.5 Å². The lowest BCUT2D eigenvalue weighted by Crippen LogP contribution is -2.51. The molecular formula is C24H31ClN2O3. The van der Waals surface area contributed by atoms with E-state index in [1.54, 1.807) is 4.90 Å². The van der Waals surface area contributed by atoms with E-state index in [4.69, 9.17) is 16.3 Å². The third-order valence-electron chi connectivity index (χ3n) is 4.78. The van der Waals surface area contributed by atoms with Crippen molar-refractivity contribution in [1.82, 2.24) is 10.2 Å². The first-order chi connectivity index (χ1) is 14.2. The Morgan fingerprint density at radius 3 is 2.23 bits per heavy atom. The number of carbonyl (C=O) groups excluding carboxylic acids is 2. The molecule has 0 aliphatic heterocycles. The average molecular weight is 431 g/mol. The fraction of sp³-hybridized carbons (Fsp3) is 0.417. The van der Waals surface area contributed by atoms with Crippen LogP contribution in [0.5, 0.6) is 5.75 Å². The molecular weight excluding hydrogens is 400 g/mol. The molecule has 0 bridgehead atoms. The predicted molar refractivity (Wildman–Crippen MR) is 121 cm³/mol. The molecule has 6 heteroatoms. The SMILES string of the molecule is CC[C@H](C(=O)NC(C)C)N(Cc1ccccc1)C(=O)COc1cc(C)c(Cl)c(C)c1. The number of hydrogen-bond donors (Lipinski definition) is 1. The molecule has 0 aliphatic carbocycles. The van der Waals surface area contributed by atoms with E-state index in [9.17, 15) is 9.59 Å². The number of aryl methyl sites for hydroxylation is 2. The Morgan fingerprint density at radius 1 is 1.10 bits per heavy atom. The highest BCUT2D eigenvalue weighted by Crippen LogP contribution is 2.26. The van der Waals surface area contributed by atoms with Crippen molar-refractivity contribution in [2.45, 2.75) is 59.7 Å². The Bertz CT molecular complexity index is 845. The summed E-state index contributed by atoms with van der Waals surface area (Å²) in [6.07, 6.45) is 0.510. The normalized spacial score (nSPS) is 11.8. The van der Waals surface area contributed by atoms with Gasteiger partial charge in [0.25, 0.3) is 5.91 Å². The molecule has 5 nitrogen and oxygen atoms in total. The first-order valence-corrected chi connectivity index (χ1v) is 10.6. The minimum Gasteiger partial charge on any atom is -0.484 e. The Kier molecular flexibility index (Phi) is 8.72. The van der Waals surface area contributed by atoms with Gasteiger partial charge in [-0.3, -0.25) is 9.59 Å². The van der Waals surface area contributed by atoms with Crippen molar-refractivity contribution in [3.05, 3.63) is 64.2 Å². The zero-order valence-corrected chi connectivity index (χ0v) is 19.1. The van der Waals surface area contributed by atoms with Crippen molar-refractivity contribution in [3.63, 3.8) is 0 Å². The molecule has 0 saturated carbocycles. The molecule has 0 aromatic heterocycles. The Hall–Kier alpha value is -2.53. The molecule has 2 amide bonds. The lowest BCUT2D eigenvalue weighted by Gasteiger charge is -2.31. The summed E-state index contributed by atoms with van der Waals surface area (Å²) in [6.45, 7) is 9.70. The van der Waals surface area contributed by atoms with Crippen LogP contribution in [0.15, 0.2) is 42.5 Å². The maximum absolute atomic E-state index is 13.1. The number of benzene rings is 2. The van der Waals surface area contributed by atoms with Crippen molar-refractivity contribution in [2.75, 3.05) is 6.61 Å². The smallest absolute Gasteiger partial charge is 0.261 e. The van der Waals surface area contributed by atoms with Gasteiger partial charge in [0, 0.05) is 17.6 Å². The van der Waals surface area contributed by atoms with E-state index >= 15 is 0 Å². The van der Waals surface area contributed by atoms with Gasteiger partial charge in [0.15, 0.2) is 6.61 Å². The van der Waals surface area contributed by atoms with Crippen molar-refractivity contribution in [3.8, 4) is 5.75 Å². The third kappa shape index (κ3) is 6.49. The van der Waals surface area contributed by atoms with Crippen LogP contribution in [-0.4, -0.2) is 35.4 Å². The van der Waals surface area contributed by atoms with E-state index in [0.717, 1.165) is 16.7 Å². The molecule has 0 aliphatic rings. The van der Waals surface area contributed by atoms with Gasteiger partial charge in [-0.05, 0) is 62.9 Å². The van der Waals surface area contributed by atoms with Gasteiger partial charge in [-0.2, -0.15) is 0 Å². The minimum absolute atomic E-state index is 0.00325. The minimum atomic E-state index is -0.572. The number of carbonyl (C=O) groups is 2. The molecule has 2 aromatic carbocycles. The van der Waals surface area contributed by atoms with E-state index in [1.165, 1.54) is 0 Å². The highest BCUT2D eigenvalue weighted by atomic mass is 35.5. The van der Waals surface area contributed by atoms with E-state index in [2.05, 4.69) is 5.32 Å². The second-order valence-corrected chi connectivity index (χ2v) is 8.13. The van der Waals surface area contributed by atoms with Gasteiger partial charge in [-0.25, -0.2) is 0 Å². The first kappa shape index (κ1) is 23.7. The van der Waals surface area contributed by atoms with E-state index < -0.39 is 6.04 Å². The first-order valence-electron chi connectivity index (χ1n) is 10.3. The summed E-state index contributed by atoms with van der Waals surface area (Å²) in [7, 11) is 0. The van der Waals surface area contributed by atoms with E-state index in [0.29, 0.717) is 23.7 Å². The van der Waals surface area contributed by atoms with Crippen LogP contribution in [-0.2, 0) is 16.1 Å². The van der Waals surface area contributed by atoms with Gasteiger partial charge in [-0.15, -0.1) is 0 Å². The molecule has 30 heavy (non-hydrogen) atoms. The zero-order chi connectivity index (χ0) is 22.3. The topological polar surface area (TPSA) is 58.6 Å². The molecule has 1 N–H and O–H groups in total. The molecule has 0 spiro atoms. The number of rotatable bonds is 9. The van der Waals surface area contributed by atoms with Gasteiger partial charge >= 0.3 is 0 Å². The Morgan fingerprint density at radius 2 is 1.70 bits per heavy atom. The fourth-order valence-corrected chi connectivity index (χ4v) is 3.41. The van der Waals surface area contributed by atoms with Gasteiger partial charge < -0.3 is 15.0 Å². The van der Waals surface area contributed by atoms with Gasteiger partial charge in [-0.1, -0.05) is 48.9 Å². The summed E-state index contributed by atoms with van der Waals surface area (Å²) in [5, 5.41) is 3.61. The Balaban J connectivity index is 2.21. The van der Waals surface area contributed by atoms with Gasteiger partial charge in [0.05, 0.1) is 0 Å². The maximum atomic E-state index is 13.1. The number of nitrogens with one attached hydrogen (secondary N) is 1. The molecule has 2 rings (SSSR count). The van der Waals surface area contributed by atoms with Gasteiger partial charge in [0.2, 0.25) is 5.91 Å². The maximum Gasteiger partial charge on any atom is 0.261 e. The van der Waals surface area contributed by atoms with E-state index in [1.807, 2.05) is 77.1 Å². The van der Waals surface area contributed by atoms with Crippen LogP contribution in [0.2, 0.25) is 5.02 Å². The molecule has 0 heterocycles. The summed E-state index contributed by atoms with van der Waals surface area (Å²) in [4.78, 5) is 27.5. The van der Waals surface area contributed by atoms with Crippen molar-refractivity contribution >= 4 is 23.4 Å². The quantitative estimate of drug-likeness (QED) is 0.629. The highest BCUT2D eigenvalue weighted by Gasteiger charge is 2.29. The number of nitrogens with zero attached hydrogens (tertiary/aromatic N) is 1. The number of ether oxygens (including phenoxy) is 1. The molecule has 1 atom stereocenters. The average Bonchev–Trinajstić information content (AvgIpc) is 2.70. The standard InChI is InChI=1S/C24H31ClN2O3/c1-6-21(24(29)26-16(2)3)27(14-19-10-8-7-9-11-19)22(28)15-30-20-12-17(4)23(25)18(5)13-20/h7-13,16,21H,6,14-15H2,1-5H3,(H,26,29)/t21-/m1/s1. The van der Waals surface area contributed by atoms with Crippen LogP contribution in [0, 0.1) is 13.8 Å². The van der Waals surface area contributed by atoms with Crippen LogP contribution in [0.25, 0.3) is 0 Å². The van der Waals surface area contributed by atoms with Crippen LogP contribution in [0.4, 0.5) is 0 Å². The second-order valence-electron chi connectivity index (χ2n) is 7.75. The van der Waals surface area contributed by atoms with Crippen LogP contribution >= 0.6 is 11.6 Å². The summed E-state index contributed by atoms with van der Waals surface area (Å²) in [5.74, 6) is 0.187. The van der Waals surface area contributed by atoms with Crippen LogP contribution in [0.1, 0.15) is 43.9 Å². The molecule has 0 fully saturated rings. The molecule has 0 saturated heterocycles. The summed E-state index contributed by atoms with van der Waals surface area (Å²) >= 11 is 6.21. The van der Waals surface area contributed by atoms with Crippen LogP contribution in [0.3, 0.4) is 0 Å². The summed E-state index contributed by atoms with van der Waals surface area (Å²) in [5.41, 5.74) is 2.74. The van der Waals surface area contributed by atoms with Crippen molar-refractivity contribution in [2.24, 2.45) is 0 Å². The fourth-order valence-electron chi connectivity index (χ4n) is 3.30. The number of amides is 2. The Labute approximate surface area is 184 Å². The summed E-state index contributed by atoms with van der Waals surface area (Å²) in [6, 6.07) is 12.7. The second kappa shape index (κ2) is 11.0. The molecule has 0 unspecified atom stereocenters. The molecule has 0 radical (unpaired) electrons. The zero-order valence-electron chi connectivity index (χ0n) is 18.4. The van der Waals surface area contributed by atoms with Crippen LogP contribution < -0.4 is 10.1 Å². The molecule has 162 valence electrons. The van der Waals surface area contributed by atoms with Crippen molar-refractivity contribution in [1.29, 1.82) is 0 Å². The number of hydrogen-bond acceptors (Lipinski definition) is 3. The summed E-state index contributed by atoms with van der Waals surface area (Å²) < 4.78 is 5.78.